The van der Waals surface area contributed by atoms with Gasteiger partial charge in [0, 0.05) is 0 Å². The minimum atomic E-state index is -0.755. The summed E-state index contributed by atoms with van der Waals surface area (Å²) in [5, 5.41) is 4.75. The molecule has 0 fully saturated rings. The van der Waals surface area contributed by atoms with Gasteiger partial charge in [-0.2, -0.15) is 0 Å². The Morgan fingerprint density at radius 2 is 1.75 bits per heavy atom. The van der Waals surface area contributed by atoms with E-state index in [-0.39, 0.29) is 6.54 Å². The van der Waals surface area contributed by atoms with E-state index in [4.69, 9.17) is 5.73 Å². The molecule has 2 amide bonds. The lowest BCUT2D eigenvalue weighted by molar-refractivity contribution is -0.144. The summed E-state index contributed by atoms with van der Waals surface area (Å²) < 4.78 is 4.43. The van der Waals surface area contributed by atoms with Crippen molar-refractivity contribution in [1.82, 2.24) is 10.6 Å². The Morgan fingerprint density at radius 1 is 1.19 bits per heavy atom. The van der Waals surface area contributed by atoms with Gasteiger partial charge in [-0.25, -0.2) is 4.79 Å². The summed E-state index contributed by atoms with van der Waals surface area (Å²) in [5.41, 5.74) is 5.07. The summed E-state index contributed by atoms with van der Waals surface area (Å²) in [6.45, 7) is 2.79. The maximum Gasteiger partial charge on any atom is 0.328 e. The van der Waals surface area contributed by atoms with Crippen molar-refractivity contribution in [3.8, 4) is 0 Å². The van der Waals surface area contributed by atoms with Crippen molar-refractivity contribution in [2.24, 2.45) is 5.73 Å². The van der Waals surface area contributed by atoms with E-state index in [0.29, 0.717) is 0 Å². The largest absolute Gasteiger partial charge is 0.467 e. The van der Waals surface area contributed by atoms with Gasteiger partial charge in [0.15, 0.2) is 0 Å². The van der Waals surface area contributed by atoms with Gasteiger partial charge < -0.3 is 21.1 Å². The zero-order valence-electron chi connectivity index (χ0n) is 9.57. The molecule has 0 saturated heterocycles. The summed E-state index contributed by atoms with van der Waals surface area (Å²) >= 11 is 0. The van der Waals surface area contributed by atoms with Gasteiger partial charge in [-0.3, -0.25) is 9.59 Å². The number of rotatable bonds is 5. The molecule has 0 aromatic heterocycles. The van der Waals surface area contributed by atoms with Crippen molar-refractivity contribution in [2.45, 2.75) is 25.9 Å². The molecule has 0 aliphatic carbocycles. The minimum absolute atomic E-state index is 0.190. The van der Waals surface area contributed by atoms with Crippen molar-refractivity contribution in [1.29, 1.82) is 0 Å². The quantitative estimate of drug-likeness (QED) is 0.480. The van der Waals surface area contributed by atoms with Crippen LogP contribution in [0.1, 0.15) is 13.8 Å². The molecule has 16 heavy (non-hydrogen) atoms. The van der Waals surface area contributed by atoms with E-state index in [9.17, 15) is 14.4 Å². The maximum atomic E-state index is 11.5. The van der Waals surface area contributed by atoms with E-state index in [1.54, 1.807) is 0 Å². The second kappa shape index (κ2) is 6.78. The minimum Gasteiger partial charge on any atom is -0.467 e. The van der Waals surface area contributed by atoms with Gasteiger partial charge in [0.05, 0.1) is 13.7 Å². The molecular weight excluding hydrogens is 214 g/mol. The van der Waals surface area contributed by atoms with E-state index >= 15 is 0 Å². The highest BCUT2D eigenvalue weighted by atomic mass is 16.5. The Bertz CT molecular complexity index is 280. The molecule has 0 spiro atoms. The molecular formula is C9H17N3O4. The predicted octanol–water partition coefficient (Wildman–Crippen LogP) is -1.87. The molecule has 0 radical (unpaired) electrons. The number of ether oxygens (including phenoxy) is 1. The first-order chi connectivity index (χ1) is 7.42. The van der Waals surface area contributed by atoms with E-state index < -0.39 is 29.9 Å². The van der Waals surface area contributed by atoms with Gasteiger partial charge in [-0.15, -0.1) is 0 Å². The van der Waals surface area contributed by atoms with Crippen LogP contribution in [0.4, 0.5) is 0 Å². The van der Waals surface area contributed by atoms with E-state index in [0.717, 1.165) is 0 Å². The Hall–Kier alpha value is -1.63. The lowest BCUT2D eigenvalue weighted by atomic mass is 10.2. The fourth-order valence-corrected chi connectivity index (χ4v) is 0.940. The molecule has 0 heterocycles. The SMILES string of the molecule is COC(=O)[C@H](C)NC(=O)[C@H](C)NC(=O)CN. The monoisotopic (exact) mass is 231 g/mol. The third kappa shape index (κ3) is 4.74. The molecule has 4 N–H and O–H groups in total. The smallest absolute Gasteiger partial charge is 0.328 e. The van der Waals surface area contributed by atoms with Crippen LogP contribution >= 0.6 is 0 Å². The lowest BCUT2D eigenvalue weighted by Crippen LogP contribution is -2.50. The molecule has 2 atom stereocenters. The molecule has 92 valence electrons. The Kier molecular flexibility index (Phi) is 6.09. The summed E-state index contributed by atoms with van der Waals surface area (Å²) in [6.07, 6.45) is 0. The van der Waals surface area contributed by atoms with Crippen LogP contribution in [0.2, 0.25) is 0 Å². The molecule has 0 aromatic rings. The summed E-state index contributed by atoms with van der Waals surface area (Å²) in [6, 6.07) is -1.50. The van der Waals surface area contributed by atoms with Crippen molar-refractivity contribution in [3.63, 3.8) is 0 Å². The average Bonchev–Trinajstić information content (AvgIpc) is 2.27. The van der Waals surface area contributed by atoms with E-state index in [1.807, 2.05) is 0 Å². The van der Waals surface area contributed by atoms with Crippen molar-refractivity contribution in [2.75, 3.05) is 13.7 Å². The van der Waals surface area contributed by atoms with Gasteiger partial charge in [0.25, 0.3) is 0 Å². The van der Waals surface area contributed by atoms with Crippen LogP contribution in [0.25, 0.3) is 0 Å². The number of amides is 2. The molecule has 0 unspecified atom stereocenters. The second-order valence-corrected chi connectivity index (χ2v) is 3.25. The first-order valence-corrected chi connectivity index (χ1v) is 4.80. The number of nitrogens with one attached hydrogen (secondary N) is 2. The highest BCUT2D eigenvalue weighted by molar-refractivity contribution is 5.90. The first-order valence-electron chi connectivity index (χ1n) is 4.80. The zero-order valence-corrected chi connectivity index (χ0v) is 9.57. The normalized spacial score (nSPS) is 13.5. The van der Waals surface area contributed by atoms with Gasteiger partial charge in [0.2, 0.25) is 11.8 Å². The van der Waals surface area contributed by atoms with Crippen molar-refractivity contribution in [3.05, 3.63) is 0 Å². The molecule has 0 saturated carbocycles. The van der Waals surface area contributed by atoms with Crippen LogP contribution in [0, 0.1) is 0 Å². The molecule has 0 bridgehead atoms. The van der Waals surface area contributed by atoms with Gasteiger partial charge in [-0.05, 0) is 13.8 Å². The average molecular weight is 231 g/mol. The molecule has 0 aliphatic heterocycles. The Labute approximate surface area is 93.7 Å². The summed E-state index contributed by atoms with van der Waals surface area (Å²) in [7, 11) is 1.23. The number of hydrogen-bond acceptors (Lipinski definition) is 5. The van der Waals surface area contributed by atoms with E-state index in [2.05, 4.69) is 15.4 Å². The number of carbonyl (C=O) groups excluding carboxylic acids is 3. The molecule has 7 heteroatoms. The van der Waals surface area contributed by atoms with Crippen molar-refractivity contribution >= 4 is 17.8 Å². The Morgan fingerprint density at radius 3 is 2.19 bits per heavy atom. The highest BCUT2D eigenvalue weighted by Crippen LogP contribution is 1.89. The number of carbonyl (C=O) groups is 3. The molecule has 7 nitrogen and oxygen atoms in total. The van der Waals surface area contributed by atoms with Gasteiger partial charge in [-0.1, -0.05) is 0 Å². The van der Waals surface area contributed by atoms with Crippen LogP contribution in [0.3, 0.4) is 0 Å². The fraction of sp³-hybridized carbons (Fsp3) is 0.667. The standard InChI is InChI=1S/C9H17N3O4/c1-5(11-7(13)4-10)8(14)12-6(2)9(15)16-3/h5-6H,4,10H2,1-3H3,(H,11,13)(H,12,14)/t5-,6-/m0/s1. The number of hydrogen-bond donors (Lipinski definition) is 3. The van der Waals surface area contributed by atoms with Crippen LogP contribution < -0.4 is 16.4 Å². The van der Waals surface area contributed by atoms with Crippen LogP contribution in [-0.4, -0.2) is 43.5 Å². The molecule has 0 aromatic carbocycles. The zero-order chi connectivity index (χ0) is 12.7. The lowest BCUT2D eigenvalue weighted by Gasteiger charge is -2.16. The summed E-state index contributed by atoms with van der Waals surface area (Å²) in [5.74, 6) is -1.46. The van der Waals surface area contributed by atoms with Crippen molar-refractivity contribution < 1.29 is 19.1 Å². The highest BCUT2D eigenvalue weighted by Gasteiger charge is 2.20. The van der Waals surface area contributed by atoms with Gasteiger partial charge in [0.1, 0.15) is 12.1 Å². The van der Waals surface area contributed by atoms with E-state index in [1.165, 1.54) is 21.0 Å². The number of esters is 1. The first kappa shape index (κ1) is 14.4. The second-order valence-electron chi connectivity index (χ2n) is 3.25. The topological polar surface area (TPSA) is 111 Å². The number of nitrogens with two attached hydrogens (primary N) is 1. The molecule has 0 aliphatic rings. The maximum absolute atomic E-state index is 11.5. The number of methoxy groups -OCH3 is 1. The van der Waals surface area contributed by atoms with Crippen LogP contribution in [0.5, 0.6) is 0 Å². The molecule has 0 rings (SSSR count). The van der Waals surface area contributed by atoms with Crippen LogP contribution in [-0.2, 0) is 19.1 Å². The third-order valence-corrected chi connectivity index (χ3v) is 1.87. The van der Waals surface area contributed by atoms with Gasteiger partial charge >= 0.3 is 5.97 Å². The predicted molar refractivity (Wildman–Crippen MR) is 56.3 cm³/mol. The third-order valence-electron chi connectivity index (χ3n) is 1.87. The van der Waals surface area contributed by atoms with Crippen LogP contribution in [0.15, 0.2) is 0 Å². The fourth-order valence-electron chi connectivity index (χ4n) is 0.940. The Balaban J connectivity index is 4.15. The summed E-state index contributed by atoms with van der Waals surface area (Å²) in [4.78, 5) is 33.3.